The number of amides is 1. The van der Waals surface area contributed by atoms with Crippen LogP contribution in [0.5, 0.6) is 0 Å². The fourth-order valence-corrected chi connectivity index (χ4v) is 3.53. The zero-order valence-corrected chi connectivity index (χ0v) is 17.6. The van der Waals surface area contributed by atoms with Crippen molar-refractivity contribution in [2.45, 2.75) is 31.3 Å². The van der Waals surface area contributed by atoms with Crippen molar-refractivity contribution in [3.05, 3.63) is 65.2 Å². The molecule has 7 heteroatoms. The van der Waals surface area contributed by atoms with Crippen LogP contribution in [-0.2, 0) is 10.3 Å². The Labute approximate surface area is 178 Å². The summed E-state index contributed by atoms with van der Waals surface area (Å²) in [6.45, 7) is 3.43. The predicted molar refractivity (Wildman–Crippen MR) is 117 cm³/mol. The van der Waals surface area contributed by atoms with Gasteiger partial charge < -0.3 is 16.0 Å². The maximum absolute atomic E-state index is 12.8. The van der Waals surface area contributed by atoms with Crippen molar-refractivity contribution in [2.24, 2.45) is 5.73 Å². The number of nitrogens with two attached hydrogens (primary N) is 1. The Morgan fingerprint density at radius 3 is 2.44 bits per heavy atom. The molecule has 2 aromatic rings. The first-order valence-corrected chi connectivity index (χ1v) is 9.01. The van der Waals surface area contributed by atoms with Gasteiger partial charge in [-0.15, -0.1) is 24.8 Å². The summed E-state index contributed by atoms with van der Waals surface area (Å²) in [6, 6.07) is 17.4. The van der Waals surface area contributed by atoms with Gasteiger partial charge in [0.25, 0.3) is 0 Å². The van der Waals surface area contributed by atoms with E-state index < -0.39 is 5.54 Å². The van der Waals surface area contributed by atoms with E-state index in [4.69, 9.17) is 17.3 Å². The molecule has 1 aliphatic rings. The minimum atomic E-state index is -1.05. The third-order valence-corrected chi connectivity index (χ3v) is 5.11. The molecule has 1 saturated heterocycles. The van der Waals surface area contributed by atoms with Crippen molar-refractivity contribution >= 4 is 48.0 Å². The number of nitrogens with zero attached hydrogens (tertiary/aromatic N) is 1. The van der Waals surface area contributed by atoms with Crippen LogP contribution in [0.15, 0.2) is 54.6 Å². The summed E-state index contributed by atoms with van der Waals surface area (Å²) >= 11 is 6.31. The molecule has 0 spiro atoms. The van der Waals surface area contributed by atoms with Crippen LogP contribution in [0.25, 0.3) is 0 Å². The second-order valence-electron chi connectivity index (χ2n) is 6.78. The topological polar surface area (TPSA) is 58.4 Å². The standard InChI is InChI=1S/C20H24ClN3O.2ClH/c1-20(22,15-8-3-2-4-9-15)19(25)23-16-10-7-13-24(14-16)18-12-6-5-11-17(18)21;;/h2-6,8-9,11-12,16H,7,10,13-14,22H2,1H3,(H,23,25);2*1H. The fourth-order valence-electron chi connectivity index (χ4n) is 3.27. The Morgan fingerprint density at radius 1 is 1.15 bits per heavy atom. The normalized spacial score (nSPS) is 18.5. The smallest absolute Gasteiger partial charge is 0.244 e. The van der Waals surface area contributed by atoms with E-state index in [1.54, 1.807) is 6.92 Å². The van der Waals surface area contributed by atoms with Crippen LogP contribution in [0.3, 0.4) is 0 Å². The quantitative estimate of drug-likeness (QED) is 0.766. The van der Waals surface area contributed by atoms with E-state index in [0.717, 1.165) is 42.2 Å². The van der Waals surface area contributed by atoms with Gasteiger partial charge in [-0.25, -0.2) is 0 Å². The minimum absolute atomic E-state index is 0. The molecule has 2 atom stereocenters. The van der Waals surface area contributed by atoms with Crippen LogP contribution in [0.2, 0.25) is 5.02 Å². The second kappa shape index (κ2) is 10.2. The number of para-hydroxylation sites is 1. The maximum atomic E-state index is 12.8. The minimum Gasteiger partial charge on any atom is -0.368 e. The number of rotatable bonds is 4. The van der Waals surface area contributed by atoms with Crippen LogP contribution < -0.4 is 16.0 Å². The van der Waals surface area contributed by atoms with Crippen molar-refractivity contribution < 1.29 is 4.79 Å². The number of halogens is 3. The van der Waals surface area contributed by atoms with Gasteiger partial charge in [0.05, 0.1) is 10.7 Å². The van der Waals surface area contributed by atoms with Crippen LogP contribution in [0.4, 0.5) is 5.69 Å². The first kappa shape index (κ1) is 23.6. The lowest BCUT2D eigenvalue weighted by atomic mass is 9.91. The van der Waals surface area contributed by atoms with Crippen LogP contribution in [0, 0.1) is 0 Å². The highest BCUT2D eigenvalue weighted by Crippen LogP contribution is 2.28. The van der Waals surface area contributed by atoms with E-state index >= 15 is 0 Å². The lowest BCUT2D eigenvalue weighted by molar-refractivity contribution is -0.126. The summed E-state index contributed by atoms with van der Waals surface area (Å²) in [5, 5.41) is 3.87. The van der Waals surface area contributed by atoms with Gasteiger partial charge in [-0.2, -0.15) is 0 Å². The molecule has 0 aliphatic carbocycles. The Kier molecular flexibility index (Phi) is 8.89. The number of piperidine rings is 1. The molecule has 3 rings (SSSR count). The molecule has 0 aromatic heterocycles. The van der Waals surface area contributed by atoms with E-state index in [0.29, 0.717) is 0 Å². The van der Waals surface area contributed by atoms with Crippen molar-refractivity contribution in [2.75, 3.05) is 18.0 Å². The highest BCUT2D eigenvalue weighted by atomic mass is 35.5. The predicted octanol–water partition coefficient (Wildman–Crippen LogP) is 4.14. The number of hydrogen-bond acceptors (Lipinski definition) is 3. The molecule has 1 amide bonds. The number of hydrogen-bond donors (Lipinski definition) is 2. The van der Waals surface area contributed by atoms with Crippen molar-refractivity contribution in [1.29, 1.82) is 0 Å². The molecule has 4 nitrogen and oxygen atoms in total. The molecule has 2 aromatic carbocycles. The molecule has 148 valence electrons. The van der Waals surface area contributed by atoms with Crippen molar-refractivity contribution in [3.63, 3.8) is 0 Å². The number of carbonyl (C=O) groups excluding carboxylic acids is 1. The van der Waals surface area contributed by atoms with Crippen molar-refractivity contribution in [1.82, 2.24) is 5.32 Å². The summed E-state index contributed by atoms with van der Waals surface area (Å²) in [5.41, 5.74) is 7.10. The summed E-state index contributed by atoms with van der Waals surface area (Å²) in [6.07, 6.45) is 1.94. The number of nitrogens with one attached hydrogen (secondary N) is 1. The molecule has 0 saturated carbocycles. The third kappa shape index (κ3) is 5.52. The Morgan fingerprint density at radius 2 is 1.78 bits per heavy atom. The molecule has 2 unspecified atom stereocenters. The Balaban J connectivity index is 0.00000182. The zero-order valence-electron chi connectivity index (χ0n) is 15.2. The van der Waals surface area contributed by atoms with E-state index in [-0.39, 0.29) is 36.8 Å². The van der Waals surface area contributed by atoms with Crippen LogP contribution in [0.1, 0.15) is 25.3 Å². The molecule has 3 N–H and O–H groups in total. The summed E-state index contributed by atoms with van der Waals surface area (Å²) in [5.74, 6) is -0.148. The van der Waals surface area contributed by atoms with Gasteiger partial charge in [0.1, 0.15) is 5.54 Å². The molecular formula is C20H26Cl3N3O. The maximum Gasteiger partial charge on any atom is 0.244 e. The van der Waals surface area contributed by atoms with Gasteiger partial charge >= 0.3 is 0 Å². The van der Waals surface area contributed by atoms with Gasteiger partial charge in [-0.3, -0.25) is 4.79 Å². The SMILES string of the molecule is CC(N)(C(=O)NC1CCCN(c2ccccc2Cl)C1)c1ccccc1.Cl.Cl. The summed E-state index contributed by atoms with van der Waals surface area (Å²) in [7, 11) is 0. The summed E-state index contributed by atoms with van der Waals surface area (Å²) in [4.78, 5) is 15.0. The lowest BCUT2D eigenvalue weighted by Gasteiger charge is -2.36. The van der Waals surface area contributed by atoms with Gasteiger partial charge in [-0.05, 0) is 37.5 Å². The highest BCUT2D eigenvalue weighted by Gasteiger charge is 2.33. The fraction of sp³-hybridized carbons (Fsp3) is 0.350. The second-order valence-corrected chi connectivity index (χ2v) is 7.19. The van der Waals surface area contributed by atoms with Gasteiger partial charge in [0.2, 0.25) is 5.91 Å². The first-order valence-electron chi connectivity index (χ1n) is 8.63. The van der Waals surface area contributed by atoms with Crippen LogP contribution in [-0.4, -0.2) is 25.0 Å². The highest BCUT2D eigenvalue weighted by molar-refractivity contribution is 6.33. The van der Waals surface area contributed by atoms with E-state index in [1.807, 2.05) is 54.6 Å². The number of carbonyl (C=O) groups is 1. The molecular weight excluding hydrogens is 405 g/mol. The average Bonchev–Trinajstić information content (AvgIpc) is 2.63. The molecule has 1 fully saturated rings. The van der Waals surface area contributed by atoms with Gasteiger partial charge in [0.15, 0.2) is 0 Å². The molecule has 27 heavy (non-hydrogen) atoms. The van der Waals surface area contributed by atoms with E-state index in [1.165, 1.54) is 0 Å². The van der Waals surface area contributed by atoms with E-state index in [9.17, 15) is 4.79 Å². The Hall–Kier alpha value is -1.46. The molecule has 0 radical (unpaired) electrons. The van der Waals surface area contributed by atoms with Gasteiger partial charge in [0, 0.05) is 19.1 Å². The molecule has 0 bridgehead atoms. The number of anilines is 1. The van der Waals surface area contributed by atoms with Crippen LogP contribution >= 0.6 is 36.4 Å². The zero-order chi connectivity index (χ0) is 17.9. The monoisotopic (exact) mass is 429 g/mol. The lowest BCUT2D eigenvalue weighted by Crippen LogP contribution is -2.55. The molecule has 1 aliphatic heterocycles. The van der Waals surface area contributed by atoms with E-state index in [2.05, 4.69) is 10.2 Å². The van der Waals surface area contributed by atoms with Crippen molar-refractivity contribution in [3.8, 4) is 0 Å². The summed E-state index contributed by atoms with van der Waals surface area (Å²) < 4.78 is 0. The number of benzene rings is 2. The largest absolute Gasteiger partial charge is 0.368 e. The first-order chi connectivity index (χ1) is 12.0. The molecule has 1 heterocycles. The van der Waals surface area contributed by atoms with Gasteiger partial charge in [-0.1, -0.05) is 54.1 Å². The Bertz CT molecular complexity index is 740. The third-order valence-electron chi connectivity index (χ3n) is 4.79. The average molecular weight is 431 g/mol.